The maximum Gasteiger partial charge on any atom is 0.0796 e. The summed E-state index contributed by atoms with van der Waals surface area (Å²) in [6.07, 6.45) is 0. The van der Waals surface area contributed by atoms with E-state index >= 15 is 0 Å². The number of rotatable bonds is 1. The van der Waals surface area contributed by atoms with Crippen LogP contribution in [0.2, 0.25) is 0 Å². The standard InChI is InChI=1S/C9H7.C7H7NO.2CH3.2ClH.Si.Ti/c1-2-5-9-7-3-6-8(9)4-1;8-7(9)6-4-2-1-3-5-6;;;;;;/h1-7H;1-5H,(H2,8,9);2*1H3;2*1H;;/q-1;;2*-1;;;;+6/p-3. The fourth-order valence-corrected chi connectivity index (χ4v) is 1.66. The molecule has 2 nitrogen and oxygen atoms in total. The Bertz CT molecular complexity index is 632. The second-order valence-electron chi connectivity index (χ2n) is 3.92. The molecule has 1 N–H and O–H groups in total. The second-order valence-corrected chi connectivity index (χ2v) is 6.50. The summed E-state index contributed by atoms with van der Waals surface area (Å²) in [7, 11) is 9.78. The van der Waals surface area contributed by atoms with Crippen LogP contribution in [0.25, 0.3) is 16.5 Å². The van der Waals surface area contributed by atoms with E-state index in [-0.39, 0.29) is 25.8 Å². The molecule has 0 saturated heterocycles. The topological polar surface area (TPSA) is 40.9 Å². The Balaban J connectivity index is -0.000000286. The Morgan fingerprint density at radius 3 is 1.88 bits per heavy atom. The number of benzene rings is 2. The predicted octanol–water partition coefficient (Wildman–Crippen LogP) is 6.33. The van der Waals surface area contributed by atoms with E-state index in [1.165, 1.54) is 10.8 Å². The fourth-order valence-electron chi connectivity index (χ4n) is 1.66. The van der Waals surface area contributed by atoms with Crippen LogP contribution < -0.4 is 0 Å². The van der Waals surface area contributed by atoms with Crippen molar-refractivity contribution in [1.82, 2.24) is 0 Å². The number of carbonyl (C=O) groups is 1. The van der Waals surface area contributed by atoms with Gasteiger partial charge in [0.2, 0.25) is 0 Å². The summed E-state index contributed by atoms with van der Waals surface area (Å²) in [4.78, 5) is 10.3. The molecular weight excluding hydrogens is 393 g/mol. The Labute approximate surface area is 166 Å². The summed E-state index contributed by atoms with van der Waals surface area (Å²) in [6, 6.07) is 23.2. The molecule has 0 unspecified atom stereocenters. The third kappa shape index (κ3) is 10.7. The molecular formula is C18H19Cl2NOSiTi. The molecule has 3 aromatic rings. The van der Waals surface area contributed by atoms with Crippen LogP contribution in [0, 0.1) is 14.9 Å². The minimum absolute atomic E-state index is 0. The van der Waals surface area contributed by atoms with E-state index in [0.29, 0.717) is 5.56 Å². The quantitative estimate of drug-likeness (QED) is 0.340. The first-order valence-electron chi connectivity index (χ1n) is 6.06. The van der Waals surface area contributed by atoms with Crippen LogP contribution >= 0.6 is 18.6 Å². The fraction of sp³-hybridized carbons (Fsp3) is 0. The van der Waals surface area contributed by atoms with Gasteiger partial charge in [-0.1, -0.05) is 36.4 Å². The summed E-state index contributed by atoms with van der Waals surface area (Å²) in [5.74, 6) is -0.629. The van der Waals surface area contributed by atoms with Crippen molar-refractivity contribution < 1.29 is 21.8 Å². The monoisotopic (exact) mass is 411 g/mol. The minimum atomic E-state index is -0.629. The summed E-state index contributed by atoms with van der Waals surface area (Å²) < 4.78 is 0. The first kappa shape index (κ1) is 27.9. The van der Waals surface area contributed by atoms with Crippen molar-refractivity contribution >= 4 is 46.3 Å². The molecule has 124 valence electrons. The molecule has 0 fully saturated rings. The molecule has 0 saturated carbocycles. The summed E-state index contributed by atoms with van der Waals surface area (Å²) in [5, 5.41) is 2.66. The molecule has 0 atom stereocenters. The van der Waals surface area contributed by atoms with Gasteiger partial charge in [-0.15, -0.1) is 29.7 Å². The van der Waals surface area contributed by atoms with Gasteiger partial charge in [-0.05, 0) is 5.56 Å². The molecule has 4 radical (unpaired) electrons. The number of hydrogen-bond donors (Lipinski definition) is 0. The van der Waals surface area contributed by atoms with Gasteiger partial charge in [0.15, 0.2) is 0 Å². The smallest absolute Gasteiger partial charge is 0.0796 e. The summed E-state index contributed by atoms with van der Waals surface area (Å²) in [6.45, 7) is 0. The van der Waals surface area contributed by atoms with E-state index in [0.717, 1.165) is 0 Å². The molecule has 0 aliphatic rings. The maximum absolute atomic E-state index is 10.3. The van der Waals surface area contributed by atoms with E-state index in [2.05, 4.69) is 42.5 Å². The van der Waals surface area contributed by atoms with Crippen molar-refractivity contribution in [2.45, 2.75) is 0 Å². The summed E-state index contributed by atoms with van der Waals surface area (Å²) >= 11 is -0.556. The van der Waals surface area contributed by atoms with Gasteiger partial charge in [-0.3, -0.25) is 0 Å². The van der Waals surface area contributed by atoms with E-state index in [4.69, 9.17) is 24.3 Å². The SMILES string of the molecule is [CH3-].[CH3-].[Cl][Ti+4][Cl].[NH-]C(=O)c1ccccc1.[Si].c1ccc2[cH-]ccc2c1. The van der Waals surface area contributed by atoms with Crippen LogP contribution in [-0.4, -0.2) is 16.9 Å². The molecule has 3 rings (SSSR count). The van der Waals surface area contributed by atoms with E-state index in [9.17, 15) is 4.79 Å². The van der Waals surface area contributed by atoms with E-state index < -0.39 is 22.9 Å². The molecule has 0 aromatic heterocycles. The first-order valence-corrected chi connectivity index (χ1v) is 10.4. The Morgan fingerprint density at radius 2 is 1.42 bits per heavy atom. The van der Waals surface area contributed by atoms with Gasteiger partial charge >= 0.3 is 35.6 Å². The van der Waals surface area contributed by atoms with Gasteiger partial charge < -0.3 is 25.4 Å². The Hall–Kier alpha value is -0.969. The number of fused-ring (bicyclic) bond motifs is 1. The van der Waals surface area contributed by atoms with Crippen LogP contribution in [0.4, 0.5) is 0 Å². The largest absolute Gasteiger partial charge is 0.664 e. The van der Waals surface area contributed by atoms with Crippen LogP contribution in [-0.2, 0) is 17.0 Å². The third-order valence-corrected chi connectivity index (χ3v) is 2.58. The van der Waals surface area contributed by atoms with Gasteiger partial charge in [0.25, 0.3) is 0 Å². The van der Waals surface area contributed by atoms with Crippen molar-refractivity contribution in [3.8, 4) is 0 Å². The Morgan fingerprint density at radius 1 is 0.917 bits per heavy atom. The molecule has 0 aliphatic heterocycles. The maximum atomic E-state index is 10.3. The van der Waals surface area contributed by atoms with Crippen molar-refractivity contribution in [3.63, 3.8) is 0 Å². The van der Waals surface area contributed by atoms with Crippen LogP contribution in [0.5, 0.6) is 0 Å². The van der Waals surface area contributed by atoms with E-state index in [1.807, 2.05) is 6.07 Å². The van der Waals surface area contributed by atoms with Gasteiger partial charge in [-0.25, -0.2) is 0 Å². The van der Waals surface area contributed by atoms with Gasteiger partial charge in [0.05, 0.1) is 5.91 Å². The average Bonchev–Trinajstić information content (AvgIpc) is 2.98. The first-order chi connectivity index (χ1) is 10.2. The number of halogens is 2. The van der Waals surface area contributed by atoms with Crippen molar-refractivity contribution in [3.05, 3.63) is 98.9 Å². The van der Waals surface area contributed by atoms with Crippen molar-refractivity contribution in [2.24, 2.45) is 0 Å². The number of hydrogen-bond acceptors (Lipinski definition) is 1. The normalized spacial score (nSPS) is 8.08. The number of nitrogens with one attached hydrogen (secondary N) is 1. The zero-order chi connectivity index (χ0) is 15.5. The average molecular weight is 412 g/mol. The van der Waals surface area contributed by atoms with E-state index in [1.54, 1.807) is 24.3 Å². The zero-order valence-corrected chi connectivity index (χ0v) is 17.7. The third-order valence-electron chi connectivity index (χ3n) is 2.58. The molecule has 6 heteroatoms. The molecule has 24 heavy (non-hydrogen) atoms. The summed E-state index contributed by atoms with van der Waals surface area (Å²) in [5.41, 5.74) is 7.12. The molecule has 0 aliphatic carbocycles. The molecule has 1 amide bonds. The molecule has 0 heterocycles. The Kier molecular flexibility index (Phi) is 19.6. The number of amides is 1. The predicted molar refractivity (Wildman–Crippen MR) is 105 cm³/mol. The molecule has 3 aromatic carbocycles. The van der Waals surface area contributed by atoms with Gasteiger partial charge in [0.1, 0.15) is 0 Å². The zero-order valence-electron chi connectivity index (χ0n) is 13.6. The van der Waals surface area contributed by atoms with Crippen LogP contribution in [0.15, 0.2) is 72.8 Å². The van der Waals surface area contributed by atoms with Crippen LogP contribution in [0.1, 0.15) is 10.4 Å². The molecule has 0 bridgehead atoms. The van der Waals surface area contributed by atoms with Crippen molar-refractivity contribution in [2.75, 3.05) is 0 Å². The minimum Gasteiger partial charge on any atom is -0.664 e. The van der Waals surface area contributed by atoms with Crippen LogP contribution in [0.3, 0.4) is 0 Å². The van der Waals surface area contributed by atoms with Crippen molar-refractivity contribution in [1.29, 1.82) is 0 Å². The van der Waals surface area contributed by atoms with Gasteiger partial charge in [0, 0.05) is 11.0 Å². The second kappa shape index (κ2) is 16.9. The van der Waals surface area contributed by atoms with Gasteiger partial charge in [-0.2, -0.15) is 17.5 Å². The molecule has 0 spiro atoms. The number of carbonyl (C=O) groups excluding carboxylic acids is 1.